The molecule has 0 bridgehead atoms. The maximum Gasteiger partial charge on any atom is 0.204 e. The van der Waals surface area contributed by atoms with Gasteiger partial charge in [-0.2, -0.15) is 5.21 Å². The molecule has 0 aromatic carbocycles. The van der Waals surface area contributed by atoms with Crippen molar-refractivity contribution in [2.75, 3.05) is 0 Å². The van der Waals surface area contributed by atoms with Crippen molar-refractivity contribution in [2.24, 2.45) is 5.41 Å². The summed E-state index contributed by atoms with van der Waals surface area (Å²) in [5.41, 5.74) is 1.31. The van der Waals surface area contributed by atoms with Crippen LogP contribution in [0.2, 0.25) is 0 Å². The van der Waals surface area contributed by atoms with Gasteiger partial charge in [0.15, 0.2) is 0 Å². The number of nitrogens with zero attached hydrogens (tertiary/aromatic N) is 3. The van der Waals surface area contributed by atoms with Crippen LogP contribution in [0.1, 0.15) is 26.1 Å². The van der Waals surface area contributed by atoms with Gasteiger partial charge in [-0.1, -0.05) is 32.1 Å². The minimum atomic E-state index is 0.257. The monoisotopic (exact) mass is 176 g/mol. The Hall–Kier alpha value is -1.45. The standard InChI is InChI=1S/C9H12N4/c1-9(2)5-3-7(4-6-9)8-10-12-13-11-8/h3-5H,6H2,1-2H3,(H,10,11,12,13). The van der Waals surface area contributed by atoms with E-state index in [4.69, 9.17) is 0 Å². The predicted molar refractivity (Wildman–Crippen MR) is 49.7 cm³/mol. The topological polar surface area (TPSA) is 54.5 Å². The molecule has 1 aliphatic carbocycles. The molecule has 0 radical (unpaired) electrons. The number of nitrogens with one attached hydrogen (secondary N) is 1. The molecule has 1 aromatic rings. The van der Waals surface area contributed by atoms with Gasteiger partial charge in [-0.05, 0) is 17.0 Å². The molecule has 0 saturated heterocycles. The highest BCUT2D eigenvalue weighted by atomic mass is 15.5. The quantitative estimate of drug-likeness (QED) is 0.706. The van der Waals surface area contributed by atoms with Gasteiger partial charge < -0.3 is 0 Å². The molecule has 68 valence electrons. The van der Waals surface area contributed by atoms with Crippen molar-refractivity contribution < 1.29 is 0 Å². The van der Waals surface area contributed by atoms with Crippen LogP contribution in [0.4, 0.5) is 0 Å². The van der Waals surface area contributed by atoms with Gasteiger partial charge in [-0.3, -0.25) is 0 Å². The number of hydrogen-bond donors (Lipinski definition) is 1. The first kappa shape index (κ1) is 8.16. The predicted octanol–water partition coefficient (Wildman–Crippen LogP) is 1.57. The number of allylic oxidation sites excluding steroid dienone is 4. The zero-order valence-electron chi connectivity index (χ0n) is 7.78. The Morgan fingerprint density at radius 1 is 1.46 bits per heavy atom. The van der Waals surface area contributed by atoms with E-state index in [9.17, 15) is 0 Å². The molecule has 0 spiro atoms. The third-order valence-corrected chi connectivity index (χ3v) is 2.17. The van der Waals surface area contributed by atoms with Crippen molar-refractivity contribution in [1.29, 1.82) is 0 Å². The maximum atomic E-state index is 3.92. The number of rotatable bonds is 1. The average molecular weight is 176 g/mol. The van der Waals surface area contributed by atoms with Crippen LogP contribution in [-0.4, -0.2) is 20.6 Å². The molecular formula is C9H12N4. The van der Waals surface area contributed by atoms with E-state index in [1.54, 1.807) is 0 Å². The summed E-state index contributed by atoms with van der Waals surface area (Å²) in [5.74, 6) is 0.673. The van der Waals surface area contributed by atoms with Crippen molar-refractivity contribution in [2.45, 2.75) is 20.3 Å². The minimum Gasteiger partial charge on any atom is -0.177 e. The SMILES string of the molecule is CC1(C)C=CC(c2nn[nH]n2)=CC1. The number of H-pyrrole nitrogens is 1. The zero-order chi connectivity index (χ0) is 9.31. The molecule has 4 nitrogen and oxygen atoms in total. The molecule has 1 aliphatic rings. The smallest absolute Gasteiger partial charge is 0.177 e. The molecular weight excluding hydrogens is 164 g/mol. The van der Waals surface area contributed by atoms with E-state index < -0.39 is 0 Å². The minimum absolute atomic E-state index is 0.257. The first-order valence-corrected chi connectivity index (χ1v) is 4.31. The number of tetrazole rings is 1. The third kappa shape index (κ3) is 1.66. The summed E-state index contributed by atoms with van der Waals surface area (Å²) in [6.07, 6.45) is 7.39. The summed E-state index contributed by atoms with van der Waals surface area (Å²) in [6.45, 7) is 4.40. The summed E-state index contributed by atoms with van der Waals surface area (Å²) in [4.78, 5) is 0. The Bertz CT molecular complexity index is 346. The van der Waals surface area contributed by atoms with E-state index in [1.165, 1.54) is 0 Å². The van der Waals surface area contributed by atoms with Crippen LogP contribution in [0.3, 0.4) is 0 Å². The average Bonchev–Trinajstić information content (AvgIpc) is 2.56. The van der Waals surface area contributed by atoms with Crippen LogP contribution < -0.4 is 0 Å². The summed E-state index contributed by atoms with van der Waals surface area (Å²) in [7, 11) is 0. The molecule has 1 N–H and O–H groups in total. The molecule has 2 rings (SSSR count). The molecule has 0 amide bonds. The molecule has 0 atom stereocenters. The van der Waals surface area contributed by atoms with Crippen LogP contribution in [0.5, 0.6) is 0 Å². The Morgan fingerprint density at radius 2 is 2.31 bits per heavy atom. The highest BCUT2D eigenvalue weighted by Crippen LogP contribution is 2.30. The first-order chi connectivity index (χ1) is 6.17. The lowest BCUT2D eigenvalue weighted by atomic mass is 9.84. The van der Waals surface area contributed by atoms with Crippen LogP contribution in [0.25, 0.3) is 5.57 Å². The summed E-state index contributed by atoms with van der Waals surface area (Å²) < 4.78 is 0. The fourth-order valence-corrected chi connectivity index (χ4v) is 1.27. The largest absolute Gasteiger partial charge is 0.204 e. The van der Waals surface area contributed by atoms with Crippen molar-refractivity contribution in [3.8, 4) is 0 Å². The molecule has 0 aliphatic heterocycles. The lowest BCUT2D eigenvalue weighted by molar-refractivity contribution is 0.485. The zero-order valence-corrected chi connectivity index (χ0v) is 7.78. The summed E-state index contributed by atoms with van der Waals surface area (Å²) >= 11 is 0. The molecule has 1 heterocycles. The van der Waals surface area contributed by atoms with Crippen LogP contribution >= 0.6 is 0 Å². The van der Waals surface area contributed by atoms with Crippen LogP contribution in [0, 0.1) is 5.41 Å². The van der Waals surface area contributed by atoms with Gasteiger partial charge in [-0.15, -0.1) is 10.2 Å². The second kappa shape index (κ2) is 2.80. The van der Waals surface area contributed by atoms with Crippen molar-refractivity contribution in [3.05, 3.63) is 24.1 Å². The fourth-order valence-electron chi connectivity index (χ4n) is 1.27. The first-order valence-electron chi connectivity index (χ1n) is 4.31. The second-order valence-electron chi connectivity index (χ2n) is 3.92. The third-order valence-electron chi connectivity index (χ3n) is 2.17. The molecule has 0 unspecified atom stereocenters. The van der Waals surface area contributed by atoms with Crippen LogP contribution in [0.15, 0.2) is 18.2 Å². The molecule has 4 heteroatoms. The van der Waals surface area contributed by atoms with Gasteiger partial charge in [0.1, 0.15) is 0 Å². The molecule has 1 aromatic heterocycles. The summed E-state index contributed by atoms with van der Waals surface area (Å²) in [6, 6.07) is 0. The highest BCUT2D eigenvalue weighted by Gasteiger charge is 2.17. The Kier molecular flexibility index (Phi) is 1.76. The molecule has 0 fully saturated rings. The van der Waals surface area contributed by atoms with Crippen molar-refractivity contribution >= 4 is 5.57 Å². The van der Waals surface area contributed by atoms with Gasteiger partial charge in [0.25, 0.3) is 0 Å². The van der Waals surface area contributed by atoms with Crippen molar-refractivity contribution in [3.63, 3.8) is 0 Å². The van der Waals surface area contributed by atoms with Crippen molar-refractivity contribution in [1.82, 2.24) is 20.6 Å². The lowest BCUT2D eigenvalue weighted by Gasteiger charge is -2.21. The van der Waals surface area contributed by atoms with E-state index in [0.717, 1.165) is 12.0 Å². The molecule has 0 saturated carbocycles. The number of hydrogen-bond acceptors (Lipinski definition) is 3. The molecule has 13 heavy (non-hydrogen) atoms. The van der Waals surface area contributed by atoms with Gasteiger partial charge in [0, 0.05) is 5.57 Å². The van der Waals surface area contributed by atoms with E-state index in [2.05, 4.69) is 46.6 Å². The second-order valence-corrected chi connectivity index (χ2v) is 3.92. The maximum absolute atomic E-state index is 3.92. The Morgan fingerprint density at radius 3 is 2.85 bits per heavy atom. The van der Waals surface area contributed by atoms with Gasteiger partial charge in [0.05, 0.1) is 0 Å². The Balaban J connectivity index is 2.23. The highest BCUT2D eigenvalue weighted by molar-refractivity contribution is 5.70. The Labute approximate surface area is 76.7 Å². The summed E-state index contributed by atoms with van der Waals surface area (Å²) in [5, 5.41) is 13.8. The van der Waals surface area contributed by atoms with Gasteiger partial charge in [-0.25, -0.2) is 0 Å². The normalized spacial score (nSPS) is 20.0. The van der Waals surface area contributed by atoms with E-state index in [1.807, 2.05) is 6.08 Å². The van der Waals surface area contributed by atoms with Crippen LogP contribution in [-0.2, 0) is 0 Å². The van der Waals surface area contributed by atoms with Gasteiger partial charge in [0.2, 0.25) is 5.82 Å². The van der Waals surface area contributed by atoms with E-state index in [0.29, 0.717) is 5.82 Å². The fraction of sp³-hybridized carbons (Fsp3) is 0.444. The van der Waals surface area contributed by atoms with E-state index in [-0.39, 0.29) is 5.41 Å². The van der Waals surface area contributed by atoms with E-state index >= 15 is 0 Å². The number of aromatic amines is 1. The van der Waals surface area contributed by atoms with Gasteiger partial charge >= 0.3 is 0 Å². The lowest BCUT2D eigenvalue weighted by Crippen LogP contribution is -2.09. The number of aromatic nitrogens is 4.